The average Bonchev–Trinajstić information content (AvgIpc) is 2.75. The van der Waals surface area contributed by atoms with Crippen LogP contribution in [0.5, 0.6) is 0 Å². The van der Waals surface area contributed by atoms with Gasteiger partial charge in [0.15, 0.2) is 0 Å². The van der Waals surface area contributed by atoms with Crippen LogP contribution in [0, 0.1) is 5.92 Å². The van der Waals surface area contributed by atoms with Gasteiger partial charge >= 0.3 is 0 Å². The molecule has 1 saturated heterocycles. The Kier molecular flexibility index (Phi) is 5.08. The van der Waals surface area contributed by atoms with Gasteiger partial charge in [-0.25, -0.2) is 0 Å². The smallest absolute Gasteiger partial charge is 0.0642 e. The molecule has 1 aromatic carbocycles. The van der Waals surface area contributed by atoms with E-state index in [4.69, 9.17) is 17.3 Å². The molecule has 0 aromatic heterocycles. The van der Waals surface area contributed by atoms with Crippen LogP contribution in [0.2, 0.25) is 5.02 Å². The van der Waals surface area contributed by atoms with Crippen molar-refractivity contribution >= 4 is 17.3 Å². The molecule has 1 aliphatic heterocycles. The van der Waals surface area contributed by atoms with Gasteiger partial charge < -0.3 is 15.5 Å². The highest BCUT2D eigenvalue weighted by molar-refractivity contribution is 6.33. The number of anilines is 1. The van der Waals surface area contributed by atoms with E-state index in [2.05, 4.69) is 36.0 Å². The largest absolute Gasteiger partial charge is 0.373 e. The molecule has 0 aliphatic carbocycles. The fraction of sp³-hybridized carbons (Fsp3) is 0.600. The summed E-state index contributed by atoms with van der Waals surface area (Å²) in [5.74, 6) is 0.745. The molecule has 106 valence electrons. The minimum atomic E-state index is 0.667. The van der Waals surface area contributed by atoms with E-state index >= 15 is 0 Å². The molecule has 4 heteroatoms. The fourth-order valence-corrected chi connectivity index (χ4v) is 3.19. The highest BCUT2D eigenvalue weighted by Gasteiger charge is 2.21. The highest BCUT2D eigenvalue weighted by atomic mass is 35.5. The van der Waals surface area contributed by atoms with Gasteiger partial charge in [0.1, 0.15) is 0 Å². The fourth-order valence-electron chi connectivity index (χ4n) is 2.84. The molecule has 1 atom stereocenters. The molecule has 19 heavy (non-hydrogen) atoms. The lowest BCUT2D eigenvalue weighted by atomic mass is 10.1. The zero-order chi connectivity index (χ0) is 13.8. The molecule has 0 bridgehead atoms. The van der Waals surface area contributed by atoms with Crippen LogP contribution in [-0.2, 0) is 6.42 Å². The van der Waals surface area contributed by atoms with Crippen LogP contribution in [0.3, 0.4) is 0 Å². The van der Waals surface area contributed by atoms with E-state index in [1.165, 1.54) is 25.1 Å². The summed E-state index contributed by atoms with van der Waals surface area (Å²) in [5.41, 5.74) is 7.91. The summed E-state index contributed by atoms with van der Waals surface area (Å²) in [6.07, 6.45) is 2.17. The topological polar surface area (TPSA) is 32.5 Å². The van der Waals surface area contributed by atoms with E-state index in [9.17, 15) is 0 Å². The molecule has 1 aromatic rings. The molecule has 1 unspecified atom stereocenters. The van der Waals surface area contributed by atoms with Crippen LogP contribution in [0.15, 0.2) is 18.2 Å². The maximum absolute atomic E-state index is 6.38. The zero-order valence-electron chi connectivity index (χ0n) is 11.9. The summed E-state index contributed by atoms with van der Waals surface area (Å²) in [6, 6.07) is 6.29. The summed E-state index contributed by atoms with van der Waals surface area (Å²) < 4.78 is 0. The van der Waals surface area contributed by atoms with Crippen molar-refractivity contribution in [3.8, 4) is 0 Å². The van der Waals surface area contributed by atoms with Gasteiger partial charge in [-0.05, 0) is 56.6 Å². The molecule has 0 spiro atoms. The predicted molar refractivity (Wildman–Crippen MR) is 83.1 cm³/mol. The van der Waals surface area contributed by atoms with Crippen molar-refractivity contribution in [2.45, 2.75) is 12.8 Å². The number of nitrogens with two attached hydrogens (primary N) is 1. The Hall–Kier alpha value is -0.770. The standard InChI is InChI=1S/C15H24ClN3/c1-18-8-6-13(10-18)11-19(2)15-4-3-12(5-7-17)9-14(15)16/h3-4,9,13H,5-8,10-11,17H2,1-2H3. The van der Waals surface area contributed by atoms with E-state index in [0.717, 1.165) is 29.6 Å². The van der Waals surface area contributed by atoms with Gasteiger partial charge in [-0.15, -0.1) is 0 Å². The number of benzene rings is 1. The third kappa shape index (κ3) is 3.85. The maximum atomic E-state index is 6.38. The molecule has 0 saturated carbocycles. The summed E-state index contributed by atoms with van der Waals surface area (Å²) in [7, 11) is 4.32. The van der Waals surface area contributed by atoms with Gasteiger partial charge in [-0.2, -0.15) is 0 Å². The first-order valence-corrected chi connectivity index (χ1v) is 7.36. The predicted octanol–water partition coefficient (Wildman–Crippen LogP) is 2.23. The number of rotatable bonds is 5. The number of hydrogen-bond donors (Lipinski definition) is 1. The quantitative estimate of drug-likeness (QED) is 0.898. The highest BCUT2D eigenvalue weighted by Crippen LogP contribution is 2.28. The van der Waals surface area contributed by atoms with Crippen molar-refractivity contribution in [3.63, 3.8) is 0 Å². The van der Waals surface area contributed by atoms with E-state index in [1.54, 1.807) is 0 Å². The van der Waals surface area contributed by atoms with Crippen LogP contribution in [-0.4, -0.2) is 45.2 Å². The van der Waals surface area contributed by atoms with Gasteiger partial charge in [-0.3, -0.25) is 0 Å². The second-order valence-electron chi connectivity index (χ2n) is 5.62. The Labute approximate surface area is 121 Å². The number of halogens is 1. The van der Waals surface area contributed by atoms with Crippen molar-refractivity contribution in [3.05, 3.63) is 28.8 Å². The van der Waals surface area contributed by atoms with E-state index < -0.39 is 0 Å². The first-order valence-electron chi connectivity index (χ1n) is 6.98. The van der Waals surface area contributed by atoms with Crippen molar-refractivity contribution < 1.29 is 0 Å². The molecule has 2 N–H and O–H groups in total. The van der Waals surface area contributed by atoms with E-state index in [-0.39, 0.29) is 0 Å². The maximum Gasteiger partial charge on any atom is 0.0642 e. The van der Waals surface area contributed by atoms with E-state index in [0.29, 0.717) is 6.54 Å². The molecule has 1 aliphatic rings. The molecule has 0 amide bonds. The number of nitrogens with zero attached hydrogens (tertiary/aromatic N) is 2. The lowest BCUT2D eigenvalue weighted by Gasteiger charge is -2.24. The van der Waals surface area contributed by atoms with Gasteiger partial charge in [0, 0.05) is 20.1 Å². The van der Waals surface area contributed by atoms with Gasteiger partial charge in [0.05, 0.1) is 10.7 Å². The normalized spacial score (nSPS) is 19.9. The second-order valence-corrected chi connectivity index (χ2v) is 6.03. The summed E-state index contributed by atoms with van der Waals surface area (Å²) in [6.45, 7) is 4.13. The average molecular weight is 282 g/mol. The van der Waals surface area contributed by atoms with Gasteiger partial charge in [0.25, 0.3) is 0 Å². The first kappa shape index (κ1) is 14.6. The van der Waals surface area contributed by atoms with Crippen molar-refractivity contribution in [1.29, 1.82) is 0 Å². The molecule has 1 heterocycles. The van der Waals surface area contributed by atoms with E-state index in [1.807, 2.05) is 6.07 Å². The van der Waals surface area contributed by atoms with Crippen LogP contribution in [0.25, 0.3) is 0 Å². The number of likely N-dealkylation sites (tertiary alicyclic amines) is 1. The minimum absolute atomic E-state index is 0.667. The second kappa shape index (κ2) is 6.60. The summed E-state index contributed by atoms with van der Waals surface area (Å²) >= 11 is 6.38. The Morgan fingerprint density at radius 3 is 2.84 bits per heavy atom. The van der Waals surface area contributed by atoms with Crippen molar-refractivity contribution in [1.82, 2.24) is 4.90 Å². The minimum Gasteiger partial charge on any atom is -0.373 e. The van der Waals surface area contributed by atoms with Crippen LogP contribution < -0.4 is 10.6 Å². The van der Waals surface area contributed by atoms with Gasteiger partial charge in [0.2, 0.25) is 0 Å². The van der Waals surface area contributed by atoms with Crippen molar-refractivity contribution in [2.75, 3.05) is 45.2 Å². The Morgan fingerprint density at radius 2 is 2.26 bits per heavy atom. The SMILES string of the molecule is CN1CCC(CN(C)c2ccc(CCN)cc2Cl)C1. The van der Waals surface area contributed by atoms with Crippen LogP contribution >= 0.6 is 11.6 Å². The molecule has 0 radical (unpaired) electrons. The van der Waals surface area contributed by atoms with Gasteiger partial charge in [-0.1, -0.05) is 17.7 Å². The molecule has 1 fully saturated rings. The summed E-state index contributed by atoms with van der Waals surface area (Å²) in [5, 5.41) is 0.833. The lowest BCUT2D eigenvalue weighted by molar-refractivity contribution is 0.396. The Morgan fingerprint density at radius 1 is 1.47 bits per heavy atom. The third-order valence-corrected chi connectivity index (χ3v) is 4.18. The van der Waals surface area contributed by atoms with Crippen LogP contribution in [0.1, 0.15) is 12.0 Å². The Bertz CT molecular complexity index is 422. The number of hydrogen-bond acceptors (Lipinski definition) is 3. The Balaban J connectivity index is 2.00. The monoisotopic (exact) mass is 281 g/mol. The van der Waals surface area contributed by atoms with Crippen LogP contribution in [0.4, 0.5) is 5.69 Å². The molecule has 2 rings (SSSR count). The molecule has 3 nitrogen and oxygen atoms in total. The first-order chi connectivity index (χ1) is 9.10. The lowest BCUT2D eigenvalue weighted by Crippen LogP contribution is -2.27. The summed E-state index contributed by atoms with van der Waals surface area (Å²) in [4.78, 5) is 4.67. The third-order valence-electron chi connectivity index (χ3n) is 3.88. The van der Waals surface area contributed by atoms with Crippen molar-refractivity contribution in [2.24, 2.45) is 11.7 Å². The molecular formula is C15H24ClN3. The molecular weight excluding hydrogens is 258 g/mol. The zero-order valence-corrected chi connectivity index (χ0v) is 12.7.